The van der Waals surface area contributed by atoms with Gasteiger partial charge >= 0.3 is 53.7 Å². The van der Waals surface area contributed by atoms with Crippen LogP contribution >= 0.6 is 0 Å². The molecule has 0 saturated carbocycles. The number of carboxylic acid groups (broad SMARTS) is 2. The first-order valence-electron chi connectivity index (χ1n) is 6.89. The van der Waals surface area contributed by atoms with Gasteiger partial charge in [-0.3, -0.25) is 0 Å². The molecule has 2 aromatic carbocycles. The summed E-state index contributed by atoms with van der Waals surface area (Å²) in [5.41, 5.74) is 2.13. The first-order valence-corrected chi connectivity index (χ1v) is 6.89. The molecule has 0 fully saturated rings. The van der Waals surface area contributed by atoms with Gasteiger partial charge in [0.25, 0.3) is 0 Å². The standard InChI is InChI=1S/C14H10O4.Ce.3NO3/c15-13(16)11-5-1-9(2-6-11)10-3-7-12(8-4-10)14(17)18;;3*2-1(3)4/h1-8H,(H,15,16)(H,17,18);;;;/q;+3;3*-1. The Balaban J connectivity index is -0.000000503. The zero-order chi connectivity index (χ0) is 23.9. The van der Waals surface area contributed by atoms with Crippen molar-refractivity contribution in [3.8, 4) is 11.1 Å². The van der Waals surface area contributed by atoms with Crippen LogP contribution in [-0.4, -0.2) is 37.4 Å². The molecule has 0 aliphatic rings. The fourth-order valence-corrected chi connectivity index (χ4v) is 1.61. The topological polar surface area (TPSA) is 273 Å². The van der Waals surface area contributed by atoms with Crippen molar-refractivity contribution in [3.63, 3.8) is 0 Å². The third kappa shape index (κ3) is 19.4. The van der Waals surface area contributed by atoms with Crippen molar-refractivity contribution < 1.29 is 76.8 Å². The summed E-state index contributed by atoms with van der Waals surface area (Å²) in [5.74, 6) is -1.94. The second-order valence-corrected chi connectivity index (χ2v) is 4.44. The monoisotopic (exact) mass is 568 g/mol. The number of benzene rings is 2. The molecule has 2 rings (SSSR count). The van der Waals surface area contributed by atoms with Crippen LogP contribution < -0.4 is 0 Å². The normalized spacial score (nSPS) is 8.13. The minimum atomic E-state index is -1.75. The van der Waals surface area contributed by atoms with E-state index in [2.05, 4.69) is 0 Å². The van der Waals surface area contributed by atoms with Crippen LogP contribution in [0, 0.1) is 87.7 Å². The van der Waals surface area contributed by atoms with Gasteiger partial charge in [0.15, 0.2) is 0 Å². The summed E-state index contributed by atoms with van der Waals surface area (Å²) < 4.78 is 0. The molecule has 0 atom stereocenters. The zero-order valence-corrected chi connectivity index (χ0v) is 18.0. The minimum Gasteiger partial charge on any atom is -0.478 e. The molecule has 31 heavy (non-hydrogen) atoms. The molecular weight excluding hydrogens is 558 g/mol. The summed E-state index contributed by atoms with van der Waals surface area (Å²) in [4.78, 5) is 46.2. The molecule has 0 heterocycles. The molecule has 1 radical (unpaired) electrons. The average molecular weight is 568 g/mol. The Morgan fingerprint density at radius 1 is 0.548 bits per heavy atom. The summed E-state index contributed by atoms with van der Waals surface area (Å²) in [7, 11) is 0. The number of hydrogen-bond acceptors (Lipinski definition) is 11. The molecule has 17 heteroatoms. The molecular formula is C14H10CeN3O13. The van der Waals surface area contributed by atoms with Crippen molar-refractivity contribution in [1.82, 2.24) is 0 Å². The fourth-order valence-electron chi connectivity index (χ4n) is 1.61. The van der Waals surface area contributed by atoms with Crippen LogP contribution in [0.2, 0.25) is 0 Å². The Kier molecular flexibility index (Phi) is 17.8. The van der Waals surface area contributed by atoms with Crippen LogP contribution in [0.4, 0.5) is 0 Å². The van der Waals surface area contributed by atoms with Crippen LogP contribution in [0.5, 0.6) is 0 Å². The molecule has 16 nitrogen and oxygen atoms in total. The second-order valence-electron chi connectivity index (χ2n) is 4.44. The van der Waals surface area contributed by atoms with Gasteiger partial charge in [-0.1, -0.05) is 24.3 Å². The third-order valence-corrected chi connectivity index (χ3v) is 2.60. The SMILES string of the molecule is O=C(O)c1ccc(-c2ccc(C(=O)O)cc2)cc1.O=[N+]([O-])[O-].O=[N+]([O-])[O-].O=[N+]([O-])[O-].[Ce+3]. The number of carboxylic acids is 2. The van der Waals surface area contributed by atoms with E-state index in [0.717, 1.165) is 11.1 Å². The summed E-state index contributed by atoms with van der Waals surface area (Å²) in [6, 6.07) is 12.8. The summed E-state index contributed by atoms with van der Waals surface area (Å²) in [6.07, 6.45) is 0. The number of nitrogens with zero attached hydrogens (tertiary/aromatic N) is 3. The van der Waals surface area contributed by atoms with Crippen molar-refractivity contribution >= 4 is 11.9 Å². The number of hydrogen-bond donors (Lipinski definition) is 2. The largest absolute Gasteiger partial charge is 3.00 e. The van der Waals surface area contributed by atoms with Gasteiger partial charge in [-0.2, -0.15) is 0 Å². The first-order chi connectivity index (χ1) is 13.8. The Bertz CT molecular complexity index is 776. The molecule has 163 valence electrons. The fraction of sp³-hybridized carbons (Fsp3) is 0. The Morgan fingerprint density at radius 2 is 0.710 bits per heavy atom. The van der Waals surface area contributed by atoms with Crippen molar-refractivity contribution in [1.29, 1.82) is 0 Å². The van der Waals surface area contributed by atoms with E-state index in [-0.39, 0.29) is 52.9 Å². The van der Waals surface area contributed by atoms with Crippen LogP contribution in [0.15, 0.2) is 48.5 Å². The third-order valence-electron chi connectivity index (χ3n) is 2.60. The summed E-state index contributed by atoms with van der Waals surface area (Å²) >= 11 is 0. The van der Waals surface area contributed by atoms with Gasteiger partial charge in [0, 0.05) is 0 Å². The maximum absolute atomic E-state index is 10.7. The quantitative estimate of drug-likeness (QED) is 0.396. The van der Waals surface area contributed by atoms with Gasteiger partial charge in [-0.05, 0) is 35.4 Å². The molecule has 0 aromatic heterocycles. The molecule has 0 spiro atoms. The van der Waals surface area contributed by atoms with Crippen molar-refractivity contribution in [2.45, 2.75) is 0 Å². The van der Waals surface area contributed by atoms with E-state index in [4.69, 9.17) is 56.2 Å². The molecule has 0 amide bonds. The molecule has 0 aliphatic heterocycles. The maximum Gasteiger partial charge on any atom is 3.00 e. The maximum atomic E-state index is 10.7. The average Bonchev–Trinajstić information content (AvgIpc) is 2.60. The zero-order valence-electron chi connectivity index (χ0n) is 14.8. The Morgan fingerprint density at radius 3 is 0.839 bits per heavy atom. The molecule has 0 saturated heterocycles. The Labute approximate surface area is 204 Å². The first kappa shape index (κ1) is 32.0. The van der Waals surface area contributed by atoms with Gasteiger partial charge in [-0.25, -0.2) is 9.59 Å². The molecule has 0 unspecified atom stereocenters. The molecule has 2 aromatic rings. The predicted molar refractivity (Wildman–Crippen MR) is 96.9 cm³/mol. The minimum absolute atomic E-state index is 0. The van der Waals surface area contributed by atoms with Gasteiger partial charge in [0.05, 0.1) is 26.4 Å². The molecule has 0 bridgehead atoms. The predicted octanol–water partition coefficient (Wildman–Crippen LogP) is 2.03. The number of aromatic carboxylic acids is 2. The van der Waals surface area contributed by atoms with Gasteiger partial charge in [0.1, 0.15) is 0 Å². The number of carbonyl (C=O) groups is 2. The van der Waals surface area contributed by atoms with E-state index in [9.17, 15) is 9.59 Å². The van der Waals surface area contributed by atoms with Gasteiger partial charge in [0.2, 0.25) is 0 Å². The summed E-state index contributed by atoms with van der Waals surface area (Å²) in [6.45, 7) is 0. The smallest absolute Gasteiger partial charge is 0.478 e. The van der Waals surface area contributed by atoms with E-state index in [1.54, 1.807) is 24.3 Å². The van der Waals surface area contributed by atoms with E-state index in [1.165, 1.54) is 24.3 Å². The van der Waals surface area contributed by atoms with Crippen LogP contribution in [0.1, 0.15) is 20.7 Å². The van der Waals surface area contributed by atoms with Gasteiger partial charge in [-0.15, -0.1) is 0 Å². The van der Waals surface area contributed by atoms with Crippen LogP contribution in [-0.2, 0) is 0 Å². The van der Waals surface area contributed by atoms with E-state index >= 15 is 0 Å². The van der Waals surface area contributed by atoms with Crippen LogP contribution in [0.25, 0.3) is 11.1 Å². The van der Waals surface area contributed by atoms with Crippen molar-refractivity contribution in [3.05, 3.63) is 106 Å². The van der Waals surface area contributed by atoms with E-state index in [0.29, 0.717) is 0 Å². The molecule has 2 N–H and O–H groups in total. The van der Waals surface area contributed by atoms with Crippen molar-refractivity contribution in [2.75, 3.05) is 0 Å². The Hall–Kier alpha value is -3.64. The van der Waals surface area contributed by atoms with E-state index in [1.807, 2.05) is 0 Å². The number of rotatable bonds is 3. The van der Waals surface area contributed by atoms with Crippen molar-refractivity contribution in [2.24, 2.45) is 0 Å². The molecule has 0 aliphatic carbocycles. The van der Waals surface area contributed by atoms with Crippen LogP contribution in [0.3, 0.4) is 0 Å². The second kappa shape index (κ2) is 17.2. The van der Waals surface area contributed by atoms with E-state index < -0.39 is 27.2 Å². The van der Waals surface area contributed by atoms with Gasteiger partial charge < -0.3 is 56.2 Å². The summed E-state index contributed by atoms with van der Waals surface area (Å²) in [5, 5.41) is 61.8.